The maximum Gasteiger partial charge on any atom is 0.303 e. The molecule has 1 aromatic carbocycles. The summed E-state index contributed by atoms with van der Waals surface area (Å²) in [5, 5.41) is 2.41. The standard InChI is InChI=1S/C9H7BrNO2/c1-6-2-4-7(5-3-6)11-9(13)8(10)12/h2-5H,1H2,(H,11,13). The lowest BCUT2D eigenvalue weighted by atomic mass is 10.2. The number of hydrogen-bond donors (Lipinski definition) is 1. The highest BCUT2D eigenvalue weighted by atomic mass is 79.9. The molecular weight excluding hydrogens is 234 g/mol. The van der Waals surface area contributed by atoms with Crippen LogP contribution in [-0.2, 0) is 9.59 Å². The molecule has 13 heavy (non-hydrogen) atoms. The number of hydrogen-bond acceptors (Lipinski definition) is 2. The fourth-order valence-corrected chi connectivity index (χ4v) is 0.867. The lowest BCUT2D eigenvalue weighted by Crippen LogP contribution is -2.17. The van der Waals surface area contributed by atoms with Crippen molar-refractivity contribution in [3.05, 3.63) is 36.8 Å². The second kappa shape index (κ2) is 4.18. The van der Waals surface area contributed by atoms with Crippen molar-refractivity contribution in [3.63, 3.8) is 0 Å². The molecule has 0 aliphatic rings. The van der Waals surface area contributed by atoms with E-state index in [2.05, 4.69) is 28.2 Å². The van der Waals surface area contributed by atoms with Gasteiger partial charge in [-0.15, -0.1) is 0 Å². The summed E-state index contributed by atoms with van der Waals surface area (Å²) in [5.41, 5.74) is 1.42. The highest BCUT2D eigenvalue weighted by Gasteiger charge is 2.08. The molecule has 0 atom stereocenters. The van der Waals surface area contributed by atoms with Crippen LogP contribution in [0.1, 0.15) is 5.56 Å². The maximum atomic E-state index is 10.9. The summed E-state index contributed by atoms with van der Waals surface area (Å²) in [7, 11) is 0. The molecule has 0 aromatic heterocycles. The van der Waals surface area contributed by atoms with Crippen LogP contribution in [0, 0.1) is 6.92 Å². The van der Waals surface area contributed by atoms with Crippen molar-refractivity contribution in [2.24, 2.45) is 0 Å². The Morgan fingerprint density at radius 1 is 1.23 bits per heavy atom. The van der Waals surface area contributed by atoms with Crippen molar-refractivity contribution >= 4 is 32.2 Å². The molecular formula is C9H7BrNO2. The van der Waals surface area contributed by atoms with Crippen molar-refractivity contribution in [1.82, 2.24) is 0 Å². The summed E-state index contributed by atoms with van der Waals surface area (Å²) in [4.78, 5) is 21.4. The second-order valence-electron chi connectivity index (χ2n) is 2.42. The average Bonchev–Trinajstić information content (AvgIpc) is 2.08. The molecule has 0 bridgehead atoms. The number of anilines is 1. The van der Waals surface area contributed by atoms with E-state index < -0.39 is 10.6 Å². The largest absolute Gasteiger partial charge is 0.319 e. The van der Waals surface area contributed by atoms with Gasteiger partial charge in [-0.05, 0) is 24.6 Å². The lowest BCUT2D eigenvalue weighted by molar-refractivity contribution is -0.129. The van der Waals surface area contributed by atoms with Gasteiger partial charge in [-0.3, -0.25) is 9.59 Å². The Kier molecular flexibility index (Phi) is 3.19. The van der Waals surface area contributed by atoms with Gasteiger partial charge in [0.2, 0.25) is 0 Å². The molecule has 0 spiro atoms. The first-order chi connectivity index (χ1) is 6.09. The highest BCUT2D eigenvalue weighted by molar-refractivity contribution is 9.19. The van der Waals surface area contributed by atoms with E-state index in [4.69, 9.17) is 0 Å². The molecule has 67 valence electrons. The van der Waals surface area contributed by atoms with Crippen LogP contribution in [-0.4, -0.2) is 10.6 Å². The van der Waals surface area contributed by atoms with Crippen molar-refractivity contribution in [1.29, 1.82) is 0 Å². The first-order valence-corrected chi connectivity index (χ1v) is 4.32. The maximum absolute atomic E-state index is 10.9. The smallest absolute Gasteiger partial charge is 0.303 e. The predicted molar refractivity (Wildman–Crippen MR) is 53.5 cm³/mol. The third-order valence-electron chi connectivity index (χ3n) is 1.39. The molecule has 1 radical (unpaired) electrons. The molecule has 4 heteroatoms. The van der Waals surface area contributed by atoms with Crippen LogP contribution >= 0.6 is 15.9 Å². The third-order valence-corrected chi connectivity index (χ3v) is 1.75. The number of carbonyl (C=O) groups is 2. The van der Waals surface area contributed by atoms with Crippen LogP contribution in [0.3, 0.4) is 0 Å². The molecule has 0 aliphatic carbocycles. The minimum absolute atomic E-state index is 0.574. The first-order valence-electron chi connectivity index (χ1n) is 3.52. The van der Waals surface area contributed by atoms with Crippen molar-refractivity contribution in [2.45, 2.75) is 0 Å². The molecule has 1 N–H and O–H groups in total. The molecule has 0 fully saturated rings. The van der Waals surface area contributed by atoms with Crippen LogP contribution in [0.25, 0.3) is 0 Å². The van der Waals surface area contributed by atoms with Crippen molar-refractivity contribution in [3.8, 4) is 0 Å². The van der Waals surface area contributed by atoms with E-state index in [1.165, 1.54) is 0 Å². The lowest BCUT2D eigenvalue weighted by Gasteiger charge is -2.01. The van der Waals surface area contributed by atoms with Gasteiger partial charge in [0.15, 0.2) is 0 Å². The SMILES string of the molecule is [CH2]c1ccc(NC(=O)C(=O)Br)cc1. The molecule has 0 saturated carbocycles. The van der Waals surface area contributed by atoms with Gasteiger partial charge >= 0.3 is 5.91 Å². The molecule has 1 rings (SSSR count). The average molecular weight is 241 g/mol. The van der Waals surface area contributed by atoms with Crippen LogP contribution in [0.15, 0.2) is 24.3 Å². The van der Waals surface area contributed by atoms with E-state index in [-0.39, 0.29) is 0 Å². The summed E-state index contributed by atoms with van der Waals surface area (Å²) in [5.74, 6) is -0.684. The Morgan fingerprint density at radius 2 is 1.77 bits per heavy atom. The zero-order valence-corrected chi connectivity index (χ0v) is 8.30. The van der Waals surface area contributed by atoms with Gasteiger partial charge in [-0.2, -0.15) is 0 Å². The van der Waals surface area contributed by atoms with Gasteiger partial charge in [0.05, 0.1) is 0 Å². The Balaban J connectivity index is 2.70. The first kappa shape index (κ1) is 9.92. The summed E-state index contributed by atoms with van der Waals surface area (Å²) < 4.78 is -0.689. The van der Waals surface area contributed by atoms with Crippen molar-refractivity contribution < 1.29 is 9.59 Å². The van der Waals surface area contributed by atoms with Crippen LogP contribution in [0.2, 0.25) is 0 Å². The molecule has 0 aliphatic heterocycles. The van der Waals surface area contributed by atoms with Gasteiger partial charge in [-0.1, -0.05) is 12.1 Å². The number of benzene rings is 1. The molecule has 3 nitrogen and oxygen atoms in total. The quantitative estimate of drug-likeness (QED) is 0.633. The van der Waals surface area contributed by atoms with Crippen LogP contribution in [0.4, 0.5) is 5.69 Å². The van der Waals surface area contributed by atoms with E-state index in [0.29, 0.717) is 5.69 Å². The summed E-state index contributed by atoms with van der Waals surface area (Å²) in [6, 6.07) is 6.84. The topological polar surface area (TPSA) is 46.2 Å². The van der Waals surface area contributed by atoms with E-state index >= 15 is 0 Å². The van der Waals surface area contributed by atoms with Crippen LogP contribution < -0.4 is 5.32 Å². The molecule has 0 unspecified atom stereocenters. The number of halogens is 1. The van der Waals surface area contributed by atoms with Crippen LogP contribution in [0.5, 0.6) is 0 Å². The third kappa shape index (κ3) is 2.99. The Hall–Kier alpha value is -1.16. The van der Waals surface area contributed by atoms with Gasteiger partial charge in [0.25, 0.3) is 4.69 Å². The molecule has 1 aromatic rings. The van der Waals surface area contributed by atoms with Gasteiger partial charge < -0.3 is 5.32 Å². The molecule has 0 heterocycles. The summed E-state index contributed by atoms with van der Waals surface area (Å²) in [6.07, 6.45) is 0. The fourth-order valence-electron chi connectivity index (χ4n) is 0.768. The van der Waals surface area contributed by atoms with E-state index in [9.17, 15) is 9.59 Å². The number of nitrogens with one attached hydrogen (secondary N) is 1. The minimum atomic E-state index is -0.689. The van der Waals surface area contributed by atoms with Gasteiger partial charge in [0.1, 0.15) is 0 Å². The second-order valence-corrected chi connectivity index (χ2v) is 3.14. The molecule has 0 saturated heterocycles. The zero-order valence-electron chi connectivity index (χ0n) is 6.71. The van der Waals surface area contributed by atoms with E-state index in [1.807, 2.05) is 0 Å². The Labute approximate surface area is 84.3 Å². The summed E-state index contributed by atoms with van der Waals surface area (Å²) >= 11 is 2.55. The van der Waals surface area contributed by atoms with E-state index in [0.717, 1.165) is 5.56 Å². The number of rotatable bonds is 2. The Morgan fingerprint density at radius 3 is 2.23 bits per heavy atom. The van der Waals surface area contributed by atoms with Gasteiger partial charge in [-0.25, -0.2) is 0 Å². The minimum Gasteiger partial charge on any atom is -0.319 e. The summed E-state index contributed by atoms with van der Waals surface area (Å²) in [6.45, 7) is 3.69. The monoisotopic (exact) mass is 240 g/mol. The fraction of sp³-hybridized carbons (Fsp3) is 0. The zero-order chi connectivity index (χ0) is 9.84. The predicted octanol–water partition coefficient (Wildman–Crippen LogP) is 1.73. The van der Waals surface area contributed by atoms with E-state index in [1.54, 1.807) is 24.3 Å². The highest BCUT2D eigenvalue weighted by Crippen LogP contribution is 2.08. The van der Waals surface area contributed by atoms with Crippen molar-refractivity contribution in [2.75, 3.05) is 5.32 Å². The van der Waals surface area contributed by atoms with Gasteiger partial charge in [0, 0.05) is 21.6 Å². The molecule has 1 amide bonds. The normalized spacial score (nSPS) is 9.38. The number of amides is 1. The number of carbonyl (C=O) groups excluding carboxylic acids is 2. The Bertz CT molecular complexity index is 332.